The number of carbonyl (C=O) groups excluding carboxylic acids is 1. The van der Waals surface area contributed by atoms with E-state index < -0.39 is 6.10 Å². The predicted molar refractivity (Wildman–Crippen MR) is 92.8 cm³/mol. The minimum absolute atomic E-state index is 0.0553. The maximum atomic E-state index is 12.1. The van der Waals surface area contributed by atoms with Crippen LogP contribution in [0.15, 0.2) is 0 Å². The molecule has 0 bridgehead atoms. The van der Waals surface area contributed by atoms with E-state index in [0.717, 1.165) is 31.4 Å². The molecule has 1 amide bonds. The van der Waals surface area contributed by atoms with E-state index in [9.17, 15) is 15.0 Å². The van der Waals surface area contributed by atoms with Crippen molar-refractivity contribution >= 4 is 11.6 Å². The molecular weight excluding hydrogens is 292 g/mol. The van der Waals surface area contributed by atoms with E-state index in [1.54, 1.807) is 4.90 Å². The summed E-state index contributed by atoms with van der Waals surface area (Å²) < 4.78 is 0. The average Bonchev–Trinajstić information content (AvgIpc) is 2.89. The summed E-state index contributed by atoms with van der Waals surface area (Å²) in [5.74, 6) is 0.0719. The van der Waals surface area contributed by atoms with Crippen molar-refractivity contribution in [3.05, 3.63) is 0 Å². The minimum atomic E-state index is -0.479. The van der Waals surface area contributed by atoms with Gasteiger partial charge in [-0.3, -0.25) is 4.79 Å². The molecule has 0 aromatic heterocycles. The minimum Gasteiger partial charge on any atom is -0.394 e. The van der Waals surface area contributed by atoms with Crippen molar-refractivity contribution in [2.45, 2.75) is 89.7 Å². The summed E-state index contributed by atoms with van der Waals surface area (Å²) in [7, 11) is 0. The van der Waals surface area contributed by atoms with Crippen molar-refractivity contribution in [3.63, 3.8) is 0 Å². The summed E-state index contributed by atoms with van der Waals surface area (Å²) in [4.78, 5) is 13.8. The van der Waals surface area contributed by atoms with Gasteiger partial charge in [0.15, 0.2) is 0 Å². The van der Waals surface area contributed by atoms with Gasteiger partial charge >= 0.3 is 0 Å². The third kappa shape index (κ3) is 8.47. The summed E-state index contributed by atoms with van der Waals surface area (Å²) in [6.07, 6.45) is 10.7. The molecule has 1 fully saturated rings. The van der Waals surface area contributed by atoms with Crippen molar-refractivity contribution in [2.75, 3.05) is 13.2 Å². The number of carbonyl (C=O) groups is 1. The number of rotatable bonds is 12. The second kappa shape index (κ2) is 11.6. The Hall–Kier alpha value is -0.940. The predicted octanol–water partition coefficient (Wildman–Crippen LogP) is 2.88. The van der Waals surface area contributed by atoms with Crippen molar-refractivity contribution in [1.29, 1.82) is 5.41 Å². The molecule has 1 rings (SSSR count). The number of aliphatic hydroxyl groups excluding tert-OH is 2. The first kappa shape index (κ1) is 20.1. The normalized spacial score (nSPS) is 20.9. The molecule has 1 saturated heterocycles. The van der Waals surface area contributed by atoms with Gasteiger partial charge in [0.25, 0.3) is 0 Å². The second-order valence-corrected chi connectivity index (χ2v) is 6.88. The van der Waals surface area contributed by atoms with Gasteiger partial charge in [-0.1, -0.05) is 38.5 Å². The van der Waals surface area contributed by atoms with Gasteiger partial charge in [-0.25, -0.2) is 0 Å². The summed E-state index contributed by atoms with van der Waals surface area (Å²) in [5, 5.41) is 26.2. The number of hydrogen-bond donors (Lipinski definition) is 3. The molecule has 0 spiro atoms. The van der Waals surface area contributed by atoms with Crippen LogP contribution in [0, 0.1) is 5.41 Å². The highest BCUT2D eigenvalue weighted by Gasteiger charge is 2.33. The molecule has 2 atom stereocenters. The van der Waals surface area contributed by atoms with Gasteiger partial charge in [-0.05, 0) is 32.6 Å². The number of amides is 1. The number of aliphatic hydroxyl groups is 2. The Kier molecular flexibility index (Phi) is 10.1. The SMILES string of the molecule is CC(=N)CCCCCCCCCCC(=O)N1C[C@H](O)C[C@H]1CO. The van der Waals surface area contributed by atoms with Crippen molar-refractivity contribution in [1.82, 2.24) is 4.90 Å². The number of hydrogen-bond acceptors (Lipinski definition) is 4. The molecule has 0 aromatic carbocycles. The van der Waals surface area contributed by atoms with E-state index in [0.29, 0.717) is 19.4 Å². The third-order valence-electron chi connectivity index (χ3n) is 4.62. The van der Waals surface area contributed by atoms with Crippen molar-refractivity contribution in [2.24, 2.45) is 0 Å². The first-order chi connectivity index (χ1) is 11.0. The van der Waals surface area contributed by atoms with Crippen LogP contribution in [0.4, 0.5) is 0 Å². The topological polar surface area (TPSA) is 84.6 Å². The zero-order valence-corrected chi connectivity index (χ0v) is 14.6. The fraction of sp³-hybridized carbons (Fsp3) is 0.889. The first-order valence-corrected chi connectivity index (χ1v) is 9.17. The summed E-state index contributed by atoms with van der Waals surface area (Å²) in [6.45, 7) is 2.19. The lowest BCUT2D eigenvalue weighted by molar-refractivity contribution is -0.133. The third-order valence-corrected chi connectivity index (χ3v) is 4.62. The van der Waals surface area contributed by atoms with Crippen LogP contribution in [-0.2, 0) is 4.79 Å². The van der Waals surface area contributed by atoms with Gasteiger partial charge in [0.2, 0.25) is 5.91 Å². The molecule has 0 unspecified atom stereocenters. The fourth-order valence-corrected chi connectivity index (χ4v) is 3.24. The highest BCUT2D eigenvalue weighted by molar-refractivity contribution is 5.78. The lowest BCUT2D eigenvalue weighted by Crippen LogP contribution is -2.37. The molecule has 3 N–H and O–H groups in total. The molecule has 0 aromatic rings. The molecule has 0 saturated carbocycles. The van der Waals surface area contributed by atoms with Crippen LogP contribution in [0.2, 0.25) is 0 Å². The van der Waals surface area contributed by atoms with Crippen LogP contribution in [0.3, 0.4) is 0 Å². The van der Waals surface area contributed by atoms with Crippen LogP contribution in [0.25, 0.3) is 0 Å². The smallest absolute Gasteiger partial charge is 0.222 e. The maximum absolute atomic E-state index is 12.1. The zero-order valence-electron chi connectivity index (χ0n) is 14.6. The molecule has 1 aliphatic rings. The highest BCUT2D eigenvalue weighted by Crippen LogP contribution is 2.19. The van der Waals surface area contributed by atoms with E-state index in [1.807, 2.05) is 6.92 Å². The van der Waals surface area contributed by atoms with E-state index in [2.05, 4.69) is 0 Å². The Labute approximate surface area is 140 Å². The maximum Gasteiger partial charge on any atom is 0.222 e. The quantitative estimate of drug-likeness (QED) is 0.381. The monoisotopic (exact) mass is 326 g/mol. The number of unbranched alkanes of at least 4 members (excludes halogenated alkanes) is 7. The summed E-state index contributed by atoms with van der Waals surface area (Å²) in [5.41, 5.74) is 0.781. The zero-order chi connectivity index (χ0) is 17.1. The number of likely N-dealkylation sites (tertiary alicyclic amines) is 1. The van der Waals surface area contributed by atoms with Crippen molar-refractivity contribution in [3.8, 4) is 0 Å². The van der Waals surface area contributed by atoms with E-state index in [1.165, 1.54) is 32.1 Å². The average molecular weight is 326 g/mol. The molecule has 134 valence electrons. The molecule has 5 heteroatoms. The highest BCUT2D eigenvalue weighted by atomic mass is 16.3. The fourth-order valence-electron chi connectivity index (χ4n) is 3.24. The van der Waals surface area contributed by atoms with Gasteiger partial charge in [0.05, 0.1) is 18.8 Å². The Morgan fingerprint density at radius 2 is 1.57 bits per heavy atom. The van der Waals surface area contributed by atoms with Crippen LogP contribution in [-0.4, -0.2) is 52.0 Å². The number of nitrogens with one attached hydrogen (secondary N) is 1. The van der Waals surface area contributed by atoms with Gasteiger partial charge < -0.3 is 20.5 Å². The number of β-amino-alcohol motifs (C(OH)–C–C–N with tert-alkyl or cyclic N) is 1. The Morgan fingerprint density at radius 3 is 2.09 bits per heavy atom. The lowest BCUT2D eigenvalue weighted by Gasteiger charge is -2.22. The van der Waals surface area contributed by atoms with E-state index >= 15 is 0 Å². The Balaban J connectivity index is 1.96. The van der Waals surface area contributed by atoms with Crippen LogP contribution in [0.1, 0.15) is 77.6 Å². The van der Waals surface area contributed by atoms with Gasteiger partial charge in [-0.15, -0.1) is 0 Å². The lowest BCUT2D eigenvalue weighted by atomic mass is 10.1. The Morgan fingerprint density at radius 1 is 1.04 bits per heavy atom. The first-order valence-electron chi connectivity index (χ1n) is 9.17. The molecular formula is C18H34N2O3. The van der Waals surface area contributed by atoms with Crippen LogP contribution < -0.4 is 0 Å². The number of nitrogens with zero attached hydrogens (tertiary/aromatic N) is 1. The van der Waals surface area contributed by atoms with Gasteiger partial charge in [0, 0.05) is 18.7 Å². The van der Waals surface area contributed by atoms with Crippen molar-refractivity contribution < 1.29 is 15.0 Å². The molecule has 23 heavy (non-hydrogen) atoms. The van der Waals surface area contributed by atoms with Crippen LogP contribution in [0.5, 0.6) is 0 Å². The largest absolute Gasteiger partial charge is 0.394 e. The molecule has 0 aliphatic carbocycles. The van der Waals surface area contributed by atoms with E-state index in [4.69, 9.17) is 5.41 Å². The van der Waals surface area contributed by atoms with Gasteiger partial charge in [-0.2, -0.15) is 0 Å². The molecule has 1 aliphatic heterocycles. The molecule has 1 heterocycles. The Bertz CT molecular complexity index is 360. The summed E-state index contributed by atoms with van der Waals surface area (Å²) >= 11 is 0. The molecule has 0 radical (unpaired) electrons. The van der Waals surface area contributed by atoms with Gasteiger partial charge in [0.1, 0.15) is 0 Å². The second-order valence-electron chi connectivity index (χ2n) is 6.88. The summed E-state index contributed by atoms with van der Waals surface area (Å²) in [6, 6.07) is -0.192. The molecule has 5 nitrogen and oxygen atoms in total. The van der Waals surface area contributed by atoms with E-state index in [-0.39, 0.29) is 18.6 Å². The van der Waals surface area contributed by atoms with Crippen LogP contribution >= 0.6 is 0 Å². The standard InChI is InChI=1S/C18H34N2O3/c1-15(19)10-8-6-4-2-3-5-7-9-11-18(23)20-13-17(22)12-16(20)14-21/h16-17,19,21-22H,2-14H2,1H3/t16-,17+/m0/s1.